The zero-order valence-electron chi connectivity index (χ0n) is 14.2. The van der Waals surface area contributed by atoms with E-state index in [-0.39, 0.29) is 11.7 Å². The Kier molecular flexibility index (Phi) is 4.92. The maximum absolute atomic E-state index is 12.7. The van der Waals surface area contributed by atoms with E-state index in [0.717, 1.165) is 25.0 Å². The molecule has 3 rings (SSSR count). The molecule has 6 nitrogen and oxygen atoms in total. The van der Waals surface area contributed by atoms with Crippen LogP contribution in [0.25, 0.3) is 0 Å². The van der Waals surface area contributed by atoms with Gasteiger partial charge in [-0.25, -0.2) is 0 Å². The molecule has 2 unspecified atom stereocenters. The summed E-state index contributed by atoms with van der Waals surface area (Å²) in [6.45, 7) is 0. The molecule has 0 amide bonds. The minimum atomic E-state index is -4.68. The third-order valence-corrected chi connectivity index (χ3v) is 5.30. The van der Waals surface area contributed by atoms with Gasteiger partial charge in [-0.2, -0.15) is 13.2 Å². The fourth-order valence-corrected chi connectivity index (χ4v) is 3.90. The number of halogens is 3. The minimum absolute atomic E-state index is 0.0797. The van der Waals surface area contributed by atoms with E-state index in [1.165, 1.54) is 0 Å². The summed E-state index contributed by atoms with van der Waals surface area (Å²) >= 11 is 0. The van der Waals surface area contributed by atoms with Crippen molar-refractivity contribution < 1.29 is 27.6 Å². The minimum Gasteiger partial charge on any atom is -0.462 e. The van der Waals surface area contributed by atoms with Gasteiger partial charge in [0.15, 0.2) is 0 Å². The molecule has 0 spiro atoms. The van der Waals surface area contributed by atoms with Crippen molar-refractivity contribution in [2.24, 2.45) is 0 Å². The molecule has 0 aromatic heterocycles. The monoisotopic (exact) mass is 372 g/mol. The van der Waals surface area contributed by atoms with Crippen molar-refractivity contribution in [2.45, 2.75) is 56.5 Å². The summed E-state index contributed by atoms with van der Waals surface area (Å²) in [6.07, 6.45) is -1.81. The predicted octanol–water partition coefficient (Wildman–Crippen LogP) is 3.32. The van der Waals surface area contributed by atoms with Gasteiger partial charge in [-0.15, -0.1) is 0 Å². The van der Waals surface area contributed by atoms with Crippen LogP contribution in [0.1, 0.15) is 36.8 Å². The molecule has 9 heteroatoms. The largest absolute Gasteiger partial charge is 0.462 e. The highest BCUT2D eigenvalue weighted by Crippen LogP contribution is 2.36. The van der Waals surface area contributed by atoms with E-state index in [9.17, 15) is 28.1 Å². The Hall–Kier alpha value is -2.16. The molecule has 2 saturated heterocycles. The van der Waals surface area contributed by atoms with Crippen LogP contribution in [-0.2, 0) is 22.1 Å². The Morgan fingerprint density at radius 1 is 1.31 bits per heavy atom. The molecule has 1 aromatic carbocycles. The number of nitro benzene ring substituents is 1. The third kappa shape index (κ3) is 3.82. The molecule has 142 valence electrons. The standard InChI is InChI=1S/C17H19F3N2O4/c1-21-12-4-5-13(21)9-14(8-12)26-16(23)6-10-2-3-11(17(18,19)20)7-15(10)22(24)25/h2-3,7,12-14H,4-6,8-9H2,1H3. The Balaban J connectivity index is 1.68. The van der Waals surface area contributed by atoms with Gasteiger partial charge in [-0.1, -0.05) is 6.07 Å². The van der Waals surface area contributed by atoms with E-state index in [0.29, 0.717) is 31.0 Å². The summed E-state index contributed by atoms with van der Waals surface area (Å²) < 4.78 is 43.6. The van der Waals surface area contributed by atoms with Gasteiger partial charge < -0.3 is 9.64 Å². The molecule has 2 heterocycles. The predicted molar refractivity (Wildman–Crippen MR) is 85.5 cm³/mol. The first-order chi connectivity index (χ1) is 12.1. The van der Waals surface area contributed by atoms with Gasteiger partial charge >= 0.3 is 12.1 Å². The molecule has 0 radical (unpaired) electrons. The SMILES string of the molecule is CN1C2CCC1CC(OC(=O)Cc1ccc(C(F)(F)F)cc1[N+](=O)[O-])C2. The first kappa shape index (κ1) is 18.6. The van der Waals surface area contributed by atoms with E-state index in [1.807, 2.05) is 7.05 Å². The molecular weight excluding hydrogens is 353 g/mol. The van der Waals surface area contributed by atoms with Gasteiger partial charge in [0.25, 0.3) is 5.69 Å². The van der Waals surface area contributed by atoms with Crippen molar-refractivity contribution in [1.82, 2.24) is 4.90 Å². The van der Waals surface area contributed by atoms with Crippen LogP contribution in [0, 0.1) is 10.1 Å². The molecule has 0 N–H and O–H groups in total. The van der Waals surface area contributed by atoms with Crippen molar-refractivity contribution in [3.63, 3.8) is 0 Å². The van der Waals surface area contributed by atoms with E-state index in [1.54, 1.807) is 0 Å². The average Bonchev–Trinajstić information content (AvgIpc) is 2.76. The fraction of sp³-hybridized carbons (Fsp3) is 0.588. The van der Waals surface area contributed by atoms with Gasteiger partial charge in [-0.05, 0) is 38.8 Å². The number of carbonyl (C=O) groups excluding carboxylic acids is 1. The lowest BCUT2D eigenvalue weighted by Gasteiger charge is -2.35. The maximum Gasteiger partial charge on any atom is 0.416 e. The van der Waals surface area contributed by atoms with Crippen LogP contribution in [-0.4, -0.2) is 41.0 Å². The number of benzene rings is 1. The number of esters is 1. The van der Waals surface area contributed by atoms with Gasteiger partial charge in [0.1, 0.15) is 6.10 Å². The van der Waals surface area contributed by atoms with Gasteiger partial charge in [0, 0.05) is 23.7 Å². The van der Waals surface area contributed by atoms with Crippen molar-refractivity contribution in [3.8, 4) is 0 Å². The molecule has 2 aliphatic heterocycles. The molecule has 26 heavy (non-hydrogen) atoms. The quantitative estimate of drug-likeness (QED) is 0.461. The first-order valence-electron chi connectivity index (χ1n) is 8.41. The van der Waals surface area contributed by atoms with Gasteiger partial charge in [0.2, 0.25) is 0 Å². The molecule has 1 aromatic rings. The van der Waals surface area contributed by atoms with E-state index >= 15 is 0 Å². The fourth-order valence-electron chi connectivity index (χ4n) is 3.90. The zero-order chi connectivity index (χ0) is 19.1. The van der Waals surface area contributed by atoms with Gasteiger partial charge in [0.05, 0.1) is 16.9 Å². The number of nitrogens with zero attached hydrogens (tertiary/aromatic N) is 2. The lowest BCUT2D eigenvalue weighted by atomic mass is 10.0. The topological polar surface area (TPSA) is 72.7 Å². The number of carbonyl (C=O) groups is 1. The van der Waals surface area contributed by atoms with Crippen LogP contribution in [0.15, 0.2) is 18.2 Å². The number of rotatable bonds is 4. The molecule has 2 aliphatic rings. The van der Waals surface area contributed by atoms with E-state index in [2.05, 4.69) is 4.90 Å². The lowest BCUT2D eigenvalue weighted by Crippen LogP contribution is -2.43. The summed E-state index contributed by atoms with van der Waals surface area (Å²) in [5.74, 6) is -0.651. The normalized spacial score (nSPS) is 25.9. The Morgan fingerprint density at radius 3 is 2.46 bits per heavy atom. The summed E-state index contributed by atoms with van der Waals surface area (Å²) in [6, 6.07) is 2.91. The molecule has 0 saturated carbocycles. The number of alkyl halides is 3. The van der Waals surface area contributed by atoms with Crippen LogP contribution < -0.4 is 0 Å². The summed E-state index contributed by atoms with van der Waals surface area (Å²) in [5.41, 5.74) is -1.92. The van der Waals surface area contributed by atoms with Crippen LogP contribution in [0.3, 0.4) is 0 Å². The number of nitro groups is 1. The first-order valence-corrected chi connectivity index (χ1v) is 8.41. The summed E-state index contributed by atoms with van der Waals surface area (Å²) in [4.78, 5) is 24.6. The number of hydrogen-bond acceptors (Lipinski definition) is 5. The second-order valence-electron chi connectivity index (χ2n) is 6.91. The highest BCUT2D eigenvalue weighted by molar-refractivity contribution is 5.74. The van der Waals surface area contributed by atoms with Gasteiger partial charge in [-0.3, -0.25) is 14.9 Å². The second-order valence-corrected chi connectivity index (χ2v) is 6.91. The maximum atomic E-state index is 12.7. The van der Waals surface area contributed by atoms with Crippen LogP contribution in [0.5, 0.6) is 0 Å². The van der Waals surface area contributed by atoms with Crippen molar-refractivity contribution in [3.05, 3.63) is 39.4 Å². The average molecular weight is 372 g/mol. The number of hydrogen-bond donors (Lipinski definition) is 0. The van der Waals surface area contributed by atoms with E-state index < -0.39 is 34.7 Å². The van der Waals surface area contributed by atoms with E-state index in [4.69, 9.17) is 4.74 Å². The number of fused-ring (bicyclic) bond motifs is 2. The number of piperidine rings is 1. The highest BCUT2D eigenvalue weighted by atomic mass is 19.4. The molecule has 2 bridgehead atoms. The highest BCUT2D eigenvalue weighted by Gasteiger charge is 2.40. The third-order valence-electron chi connectivity index (χ3n) is 5.30. The van der Waals surface area contributed by atoms with Crippen LogP contribution >= 0.6 is 0 Å². The smallest absolute Gasteiger partial charge is 0.416 e. The van der Waals surface area contributed by atoms with Crippen LogP contribution in [0.2, 0.25) is 0 Å². The zero-order valence-corrected chi connectivity index (χ0v) is 14.2. The van der Waals surface area contributed by atoms with Crippen molar-refractivity contribution in [2.75, 3.05) is 7.05 Å². The Labute approximate surface area is 148 Å². The van der Waals surface area contributed by atoms with Crippen molar-refractivity contribution in [1.29, 1.82) is 0 Å². The van der Waals surface area contributed by atoms with Crippen molar-refractivity contribution >= 4 is 11.7 Å². The second kappa shape index (κ2) is 6.86. The molecule has 2 atom stereocenters. The summed E-state index contributed by atoms with van der Waals surface area (Å²) in [7, 11) is 2.05. The molecule has 2 fully saturated rings. The lowest BCUT2D eigenvalue weighted by molar-refractivity contribution is -0.385. The summed E-state index contributed by atoms with van der Waals surface area (Å²) in [5, 5.41) is 11.1. The Bertz CT molecular complexity index is 708. The molecular formula is C17H19F3N2O4. The molecule has 0 aliphatic carbocycles. The Morgan fingerprint density at radius 2 is 1.92 bits per heavy atom. The number of ether oxygens (including phenoxy) is 1. The van der Waals surface area contributed by atoms with Crippen LogP contribution in [0.4, 0.5) is 18.9 Å².